The molecule has 0 saturated heterocycles. The van der Waals surface area contributed by atoms with E-state index < -0.39 is 10.0 Å². The molecular weight excluding hydrogens is 392 g/mol. The van der Waals surface area contributed by atoms with Crippen molar-refractivity contribution in [2.24, 2.45) is 0 Å². The zero-order valence-electron chi connectivity index (χ0n) is 16.5. The van der Waals surface area contributed by atoms with E-state index in [9.17, 15) is 13.2 Å². The van der Waals surface area contributed by atoms with Gasteiger partial charge in [0.15, 0.2) is 0 Å². The van der Waals surface area contributed by atoms with Crippen LogP contribution < -0.4 is 14.4 Å². The molecule has 7 nitrogen and oxygen atoms in total. The van der Waals surface area contributed by atoms with Crippen LogP contribution in [-0.2, 0) is 21.2 Å². The van der Waals surface area contributed by atoms with Crippen LogP contribution in [0.4, 0.5) is 5.69 Å². The maximum absolute atomic E-state index is 12.7. The molecule has 0 atom stereocenters. The molecule has 1 aliphatic heterocycles. The van der Waals surface area contributed by atoms with Gasteiger partial charge < -0.3 is 14.8 Å². The van der Waals surface area contributed by atoms with Crippen molar-refractivity contribution in [3.63, 3.8) is 0 Å². The number of carbonyl (C=O) groups excluding carboxylic acids is 1. The fourth-order valence-corrected chi connectivity index (χ4v) is 4.66. The van der Waals surface area contributed by atoms with Crippen molar-refractivity contribution in [1.82, 2.24) is 5.32 Å². The topological polar surface area (TPSA) is 84.9 Å². The summed E-state index contributed by atoms with van der Waals surface area (Å²) < 4.78 is 37.7. The molecule has 156 valence electrons. The molecule has 0 radical (unpaired) electrons. The number of hydrogen-bond acceptors (Lipinski definition) is 5. The second-order valence-electron chi connectivity index (χ2n) is 6.56. The minimum absolute atomic E-state index is 0.0209. The van der Waals surface area contributed by atoms with Gasteiger partial charge in [0.1, 0.15) is 12.4 Å². The Morgan fingerprint density at radius 3 is 2.69 bits per heavy atom. The molecule has 1 N–H and O–H groups in total. The van der Waals surface area contributed by atoms with Crippen LogP contribution in [-0.4, -0.2) is 53.0 Å². The van der Waals surface area contributed by atoms with E-state index in [1.807, 2.05) is 31.2 Å². The number of benzene rings is 2. The largest absolute Gasteiger partial charge is 0.490 e. The van der Waals surface area contributed by atoms with Gasteiger partial charge in [-0.05, 0) is 37.1 Å². The van der Waals surface area contributed by atoms with Crippen molar-refractivity contribution in [1.29, 1.82) is 0 Å². The number of carbonyl (C=O) groups is 1. The molecule has 0 saturated carbocycles. The molecule has 8 heteroatoms. The fraction of sp³-hybridized carbons (Fsp3) is 0.381. The summed E-state index contributed by atoms with van der Waals surface area (Å²) in [5.41, 5.74) is 2.12. The van der Waals surface area contributed by atoms with E-state index in [1.165, 1.54) is 4.31 Å². The van der Waals surface area contributed by atoms with E-state index in [-0.39, 0.29) is 18.2 Å². The quantitative estimate of drug-likeness (QED) is 0.598. The predicted molar refractivity (Wildman–Crippen MR) is 112 cm³/mol. The molecule has 0 bridgehead atoms. The normalized spacial score (nSPS) is 13.2. The van der Waals surface area contributed by atoms with Crippen LogP contribution in [0.5, 0.6) is 5.75 Å². The Bertz CT molecular complexity index is 946. The standard InChI is InChI=1S/C21H26N2O5S/c1-2-27-14-15-28-20-10-6-4-8-18(20)21(24)22-12-16-29(25,26)23-13-11-17-7-3-5-9-19(17)23/h3-10H,2,11-16H2,1H3,(H,22,24). The highest BCUT2D eigenvalue weighted by molar-refractivity contribution is 7.92. The minimum Gasteiger partial charge on any atom is -0.490 e. The number of para-hydroxylation sites is 2. The smallest absolute Gasteiger partial charge is 0.255 e. The Morgan fingerprint density at radius 2 is 1.86 bits per heavy atom. The molecule has 3 rings (SSSR count). The lowest BCUT2D eigenvalue weighted by Crippen LogP contribution is -2.37. The Hall–Kier alpha value is -2.58. The van der Waals surface area contributed by atoms with Crippen molar-refractivity contribution < 1.29 is 22.7 Å². The minimum atomic E-state index is -3.51. The van der Waals surface area contributed by atoms with Crippen molar-refractivity contribution in [2.45, 2.75) is 13.3 Å². The molecular formula is C21H26N2O5S. The van der Waals surface area contributed by atoms with Gasteiger partial charge in [0, 0.05) is 19.7 Å². The lowest BCUT2D eigenvalue weighted by atomic mass is 10.2. The van der Waals surface area contributed by atoms with Crippen LogP contribution in [0, 0.1) is 0 Å². The first-order valence-electron chi connectivity index (χ1n) is 9.69. The van der Waals surface area contributed by atoms with Crippen LogP contribution in [0.3, 0.4) is 0 Å². The number of amides is 1. The Balaban J connectivity index is 1.56. The molecule has 0 spiro atoms. The number of fused-ring (bicyclic) bond motifs is 1. The highest BCUT2D eigenvalue weighted by Crippen LogP contribution is 2.29. The summed E-state index contributed by atoms with van der Waals surface area (Å²) in [6.07, 6.45) is 0.703. The van der Waals surface area contributed by atoms with Crippen LogP contribution in [0.2, 0.25) is 0 Å². The molecule has 2 aromatic carbocycles. The molecule has 29 heavy (non-hydrogen) atoms. The average molecular weight is 419 g/mol. The molecule has 1 amide bonds. The zero-order chi connectivity index (χ0) is 20.7. The Morgan fingerprint density at radius 1 is 1.10 bits per heavy atom. The third-order valence-electron chi connectivity index (χ3n) is 4.65. The summed E-state index contributed by atoms with van der Waals surface area (Å²) in [5, 5.41) is 2.69. The highest BCUT2D eigenvalue weighted by Gasteiger charge is 2.28. The van der Waals surface area contributed by atoms with Crippen LogP contribution in [0.1, 0.15) is 22.8 Å². The first-order valence-corrected chi connectivity index (χ1v) is 11.3. The van der Waals surface area contributed by atoms with Crippen molar-refractivity contribution in [3.8, 4) is 5.75 Å². The Kier molecular flexibility index (Phi) is 7.11. The van der Waals surface area contributed by atoms with Gasteiger partial charge in [-0.15, -0.1) is 0 Å². The van der Waals surface area contributed by atoms with Crippen LogP contribution in [0.15, 0.2) is 48.5 Å². The van der Waals surface area contributed by atoms with Gasteiger partial charge in [0.2, 0.25) is 10.0 Å². The van der Waals surface area contributed by atoms with Gasteiger partial charge in [0.25, 0.3) is 5.91 Å². The highest BCUT2D eigenvalue weighted by atomic mass is 32.2. The molecule has 1 heterocycles. The second kappa shape index (κ2) is 9.76. The summed E-state index contributed by atoms with van der Waals surface area (Å²) in [4.78, 5) is 12.5. The fourth-order valence-electron chi connectivity index (χ4n) is 3.23. The van der Waals surface area contributed by atoms with Crippen molar-refractivity contribution in [3.05, 3.63) is 59.7 Å². The zero-order valence-corrected chi connectivity index (χ0v) is 17.3. The SMILES string of the molecule is CCOCCOc1ccccc1C(=O)NCCS(=O)(=O)N1CCc2ccccc21. The van der Waals surface area contributed by atoms with E-state index in [0.29, 0.717) is 44.1 Å². The predicted octanol–water partition coefficient (Wildman–Crippen LogP) is 2.22. The molecule has 0 fully saturated rings. The van der Waals surface area contributed by atoms with Gasteiger partial charge in [-0.25, -0.2) is 8.42 Å². The van der Waals surface area contributed by atoms with E-state index in [2.05, 4.69) is 5.32 Å². The first kappa shape index (κ1) is 21.1. The molecule has 2 aromatic rings. The lowest BCUT2D eigenvalue weighted by molar-refractivity contribution is 0.0939. The third kappa shape index (κ3) is 5.27. The number of nitrogens with one attached hydrogen (secondary N) is 1. The number of hydrogen-bond donors (Lipinski definition) is 1. The summed E-state index contributed by atoms with van der Waals surface area (Å²) in [7, 11) is -3.51. The van der Waals surface area contributed by atoms with E-state index >= 15 is 0 Å². The summed E-state index contributed by atoms with van der Waals surface area (Å²) in [6.45, 7) is 3.72. The maximum atomic E-state index is 12.7. The van der Waals surface area contributed by atoms with E-state index in [1.54, 1.807) is 24.3 Å². The second-order valence-corrected chi connectivity index (χ2v) is 8.58. The van der Waals surface area contributed by atoms with Gasteiger partial charge in [-0.2, -0.15) is 0 Å². The summed E-state index contributed by atoms with van der Waals surface area (Å²) >= 11 is 0. The number of anilines is 1. The van der Waals surface area contributed by atoms with Crippen molar-refractivity contribution in [2.75, 3.05) is 43.0 Å². The van der Waals surface area contributed by atoms with E-state index in [0.717, 1.165) is 11.3 Å². The van der Waals surface area contributed by atoms with Gasteiger partial charge in [-0.3, -0.25) is 9.10 Å². The average Bonchev–Trinajstić information content (AvgIpc) is 3.16. The number of sulfonamides is 1. The van der Waals surface area contributed by atoms with Crippen molar-refractivity contribution >= 4 is 21.6 Å². The summed E-state index contributed by atoms with van der Waals surface area (Å²) in [5.74, 6) is -0.0875. The first-order chi connectivity index (χ1) is 14.0. The Labute approximate surface area is 171 Å². The molecule has 0 aliphatic carbocycles. The number of nitrogens with zero attached hydrogens (tertiary/aromatic N) is 1. The summed E-state index contributed by atoms with van der Waals surface area (Å²) in [6, 6.07) is 14.4. The van der Waals surface area contributed by atoms with Gasteiger partial charge >= 0.3 is 0 Å². The van der Waals surface area contributed by atoms with E-state index in [4.69, 9.17) is 9.47 Å². The van der Waals surface area contributed by atoms with Gasteiger partial charge in [0.05, 0.1) is 23.6 Å². The monoisotopic (exact) mass is 418 g/mol. The molecule has 1 aliphatic rings. The van der Waals surface area contributed by atoms with Gasteiger partial charge in [-0.1, -0.05) is 30.3 Å². The third-order valence-corrected chi connectivity index (χ3v) is 6.42. The number of ether oxygens (including phenoxy) is 2. The molecule has 0 aromatic heterocycles. The maximum Gasteiger partial charge on any atom is 0.255 e. The molecule has 0 unspecified atom stereocenters. The lowest BCUT2D eigenvalue weighted by Gasteiger charge is -2.19. The number of rotatable bonds is 10. The van der Waals surface area contributed by atoms with Crippen LogP contribution >= 0.6 is 0 Å². The van der Waals surface area contributed by atoms with Crippen LogP contribution in [0.25, 0.3) is 0 Å².